The van der Waals surface area contributed by atoms with Crippen molar-refractivity contribution in [1.82, 2.24) is 10.3 Å². The fourth-order valence-corrected chi connectivity index (χ4v) is 1.22. The third-order valence-corrected chi connectivity index (χ3v) is 2.05. The number of nitrogens with one attached hydrogen (secondary N) is 1. The molecule has 3 N–H and O–H groups in total. The lowest BCUT2D eigenvalue weighted by molar-refractivity contribution is 0.621. The molecule has 4 nitrogen and oxygen atoms in total. The number of guanidine groups is 1. The molecule has 1 rings (SSSR count). The molecule has 0 aliphatic rings. The van der Waals surface area contributed by atoms with Gasteiger partial charge in [-0.25, -0.2) is 4.99 Å². The van der Waals surface area contributed by atoms with E-state index in [9.17, 15) is 0 Å². The van der Waals surface area contributed by atoms with E-state index in [4.69, 9.17) is 5.73 Å². The summed E-state index contributed by atoms with van der Waals surface area (Å²) in [5.41, 5.74) is 7.66. The number of rotatable bonds is 4. The van der Waals surface area contributed by atoms with E-state index in [1.54, 1.807) is 0 Å². The van der Waals surface area contributed by atoms with E-state index >= 15 is 0 Å². The Bertz CT molecular complexity index is 358. The molecule has 0 fully saturated rings. The first kappa shape index (κ1) is 12.5. The highest BCUT2D eigenvalue weighted by Crippen LogP contribution is 1.99. The summed E-state index contributed by atoms with van der Waals surface area (Å²) in [6, 6.07) is 5.89. The Balaban J connectivity index is 2.46. The summed E-state index contributed by atoms with van der Waals surface area (Å²) in [6.45, 7) is 7.59. The van der Waals surface area contributed by atoms with E-state index < -0.39 is 0 Å². The Morgan fingerprint density at radius 1 is 1.50 bits per heavy atom. The van der Waals surface area contributed by atoms with Gasteiger partial charge in [-0.3, -0.25) is 4.98 Å². The van der Waals surface area contributed by atoms with Crippen LogP contribution in [0.3, 0.4) is 0 Å². The predicted octanol–water partition coefficient (Wildman–Crippen LogP) is 1.45. The van der Waals surface area contributed by atoms with Crippen LogP contribution in [0.2, 0.25) is 0 Å². The quantitative estimate of drug-likeness (QED) is 0.596. The summed E-state index contributed by atoms with van der Waals surface area (Å²) in [5.74, 6) is 1.04. The molecule has 1 heterocycles. The molecule has 0 saturated heterocycles. The molecule has 0 saturated carbocycles. The van der Waals surface area contributed by atoms with Gasteiger partial charge in [0.2, 0.25) is 0 Å². The van der Waals surface area contributed by atoms with Crippen molar-refractivity contribution in [1.29, 1.82) is 0 Å². The van der Waals surface area contributed by atoms with E-state index in [-0.39, 0.29) is 0 Å². The van der Waals surface area contributed by atoms with Crippen LogP contribution in [-0.4, -0.2) is 17.5 Å². The minimum Gasteiger partial charge on any atom is -0.370 e. The molecule has 16 heavy (non-hydrogen) atoms. The van der Waals surface area contributed by atoms with Crippen LogP contribution in [0.5, 0.6) is 0 Å². The Morgan fingerprint density at radius 3 is 2.88 bits per heavy atom. The third-order valence-electron chi connectivity index (χ3n) is 2.05. The average molecular weight is 220 g/mol. The highest BCUT2D eigenvalue weighted by Gasteiger charge is 1.96. The first-order valence-electron chi connectivity index (χ1n) is 5.54. The van der Waals surface area contributed by atoms with Gasteiger partial charge in [0.1, 0.15) is 0 Å². The normalized spacial score (nSPS) is 11.9. The van der Waals surface area contributed by atoms with Crippen LogP contribution in [0.25, 0.3) is 0 Å². The topological polar surface area (TPSA) is 63.3 Å². The van der Waals surface area contributed by atoms with Crippen LogP contribution >= 0.6 is 0 Å². The smallest absolute Gasteiger partial charge is 0.188 e. The van der Waals surface area contributed by atoms with Crippen molar-refractivity contribution in [3.8, 4) is 0 Å². The van der Waals surface area contributed by atoms with Crippen molar-refractivity contribution in [3.63, 3.8) is 0 Å². The van der Waals surface area contributed by atoms with Crippen LogP contribution in [0.4, 0.5) is 0 Å². The van der Waals surface area contributed by atoms with Crippen LogP contribution in [0.15, 0.2) is 23.2 Å². The zero-order valence-electron chi connectivity index (χ0n) is 10.2. The molecule has 0 spiro atoms. The number of aromatic nitrogens is 1. The van der Waals surface area contributed by atoms with Gasteiger partial charge in [0.25, 0.3) is 0 Å². The van der Waals surface area contributed by atoms with Crippen molar-refractivity contribution in [2.75, 3.05) is 6.54 Å². The highest BCUT2D eigenvalue weighted by molar-refractivity contribution is 5.77. The Labute approximate surface area is 97.0 Å². The summed E-state index contributed by atoms with van der Waals surface area (Å²) in [4.78, 5) is 8.58. The van der Waals surface area contributed by atoms with Crippen molar-refractivity contribution < 1.29 is 0 Å². The van der Waals surface area contributed by atoms with Crippen molar-refractivity contribution in [2.45, 2.75) is 27.3 Å². The number of aliphatic imine (C=N–C) groups is 1. The van der Waals surface area contributed by atoms with Gasteiger partial charge in [-0.1, -0.05) is 19.9 Å². The minimum absolute atomic E-state index is 0.483. The zero-order chi connectivity index (χ0) is 12.0. The number of aryl methyl sites for hydroxylation is 1. The number of nitrogens with two attached hydrogens (primary N) is 1. The molecule has 88 valence electrons. The lowest BCUT2D eigenvalue weighted by atomic mass is 10.2. The van der Waals surface area contributed by atoms with Crippen LogP contribution in [0, 0.1) is 12.8 Å². The zero-order valence-corrected chi connectivity index (χ0v) is 10.2. The summed E-state index contributed by atoms with van der Waals surface area (Å²) >= 11 is 0. The second-order valence-corrected chi connectivity index (χ2v) is 4.25. The van der Waals surface area contributed by atoms with Gasteiger partial charge in [0, 0.05) is 12.2 Å². The van der Waals surface area contributed by atoms with Crippen LogP contribution in [0.1, 0.15) is 25.2 Å². The van der Waals surface area contributed by atoms with Crippen molar-refractivity contribution >= 4 is 5.96 Å². The van der Waals surface area contributed by atoms with E-state index in [2.05, 4.69) is 29.1 Å². The van der Waals surface area contributed by atoms with Gasteiger partial charge < -0.3 is 11.1 Å². The molecule has 1 aromatic rings. The van der Waals surface area contributed by atoms with E-state index in [0.29, 0.717) is 18.4 Å². The first-order chi connectivity index (χ1) is 7.58. The maximum atomic E-state index is 5.72. The molecule has 0 aliphatic heterocycles. The summed E-state index contributed by atoms with van der Waals surface area (Å²) in [6.07, 6.45) is 0. The highest BCUT2D eigenvalue weighted by atomic mass is 15.1. The molecule has 0 bridgehead atoms. The number of hydrogen-bond donors (Lipinski definition) is 2. The Morgan fingerprint density at radius 2 is 2.25 bits per heavy atom. The molecule has 4 heteroatoms. The lowest BCUT2D eigenvalue weighted by Crippen LogP contribution is -2.34. The summed E-state index contributed by atoms with van der Waals surface area (Å²) in [5, 5.41) is 3.07. The molecule has 1 aromatic heterocycles. The van der Waals surface area contributed by atoms with Crippen LogP contribution < -0.4 is 11.1 Å². The lowest BCUT2D eigenvalue weighted by Gasteiger charge is -2.07. The molecular weight excluding hydrogens is 200 g/mol. The summed E-state index contributed by atoms with van der Waals surface area (Å²) in [7, 11) is 0. The van der Waals surface area contributed by atoms with Crippen LogP contribution in [-0.2, 0) is 6.54 Å². The maximum Gasteiger partial charge on any atom is 0.188 e. The van der Waals surface area contributed by atoms with Gasteiger partial charge in [-0.05, 0) is 25.0 Å². The minimum atomic E-state index is 0.483. The maximum absolute atomic E-state index is 5.72. The molecular formula is C12H20N4. The summed E-state index contributed by atoms with van der Waals surface area (Å²) < 4.78 is 0. The molecule has 0 radical (unpaired) electrons. The molecule has 0 unspecified atom stereocenters. The average Bonchev–Trinajstić information content (AvgIpc) is 2.23. The van der Waals surface area contributed by atoms with Gasteiger partial charge in [-0.15, -0.1) is 0 Å². The van der Waals surface area contributed by atoms with Crippen molar-refractivity contribution in [2.24, 2.45) is 16.6 Å². The monoisotopic (exact) mass is 220 g/mol. The van der Waals surface area contributed by atoms with Gasteiger partial charge in [0.05, 0.1) is 12.2 Å². The van der Waals surface area contributed by atoms with E-state index in [1.165, 1.54) is 0 Å². The largest absolute Gasteiger partial charge is 0.370 e. The molecule has 0 amide bonds. The predicted molar refractivity (Wildman–Crippen MR) is 67.1 cm³/mol. The number of nitrogens with zero attached hydrogens (tertiary/aromatic N) is 2. The second kappa shape index (κ2) is 6.10. The van der Waals surface area contributed by atoms with Crippen molar-refractivity contribution in [3.05, 3.63) is 29.6 Å². The van der Waals surface area contributed by atoms with Gasteiger partial charge in [-0.2, -0.15) is 0 Å². The molecule has 0 aliphatic carbocycles. The van der Waals surface area contributed by atoms with Gasteiger partial charge in [0.15, 0.2) is 5.96 Å². The standard InChI is InChI=1S/C12H20N4/c1-9(2)7-14-12(13)15-8-11-6-4-5-10(3)16-11/h4-6,9H,7-8H2,1-3H3,(H3,13,14,15). The molecule has 0 atom stereocenters. The first-order valence-corrected chi connectivity index (χ1v) is 5.54. The fourth-order valence-electron chi connectivity index (χ4n) is 1.22. The Hall–Kier alpha value is -1.58. The SMILES string of the molecule is Cc1cccc(CN=C(N)NCC(C)C)n1. The molecule has 0 aromatic carbocycles. The van der Waals surface area contributed by atoms with Gasteiger partial charge >= 0.3 is 0 Å². The fraction of sp³-hybridized carbons (Fsp3) is 0.500. The Kier molecular flexibility index (Phi) is 4.76. The number of pyridine rings is 1. The van der Waals surface area contributed by atoms with E-state index in [1.807, 2.05) is 25.1 Å². The van der Waals surface area contributed by atoms with E-state index in [0.717, 1.165) is 17.9 Å². The number of hydrogen-bond acceptors (Lipinski definition) is 2. The second-order valence-electron chi connectivity index (χ2n) is 4.25. The third kappa shape index (κ3) is 4.77.